The Labute approximate surface area is 105 Å². The van der Waals surface area contributed by atoms with Crippen molar-refractivity contribution in [1.29, 1.82) is 0 Å². The summed E-state index contributed by atoms with van der Waals surface area (Å²) in [6.45, 7) is 3.98. The molecule has 0 unspecified atom stereocenters. The van der Waals surface area contributed by atoms with Gasteiger partial charge in [0.1, 0.15) is 5.72 Å². The van der Waals surface area contributed by atoms with Crippen LogP contribution in [0.4, 0.5) is 0 Å². The molecular weight excluding hydrogens is 222 g/mol. The summed E-state index contributed by atoms with van der Waals surface area (Å²) in [7, 11) is 0. The summed E-state index contributed by atoms with van der Waals surface area (Å²) in [5, 5.41) is 0. The lowest BCUT2D eigenvalue weighted by Crippen LogP contribution is -2.56. The van der Waals surface area contributed by atoms with Crippen molar-refractivity contribution in [1.82, 2.24) is 0 Å². The standard InChI is InChI=1S/C13H23NO.ClH/c1-12(2,14)15-13-6-9-3-10(7-13)5-11(4-9)8-13;/h9-11H,3-8,14H2,1-2H3;1H. The molecule has 0 spiro atoms. The smallest absolute Gasteiger partial charge is 0.111 e. The molecule has 4 aliphatic carbocycles. The van der Waals surface area contributed by atoms with E-state index in [1.54, 1.807) is 0 Å². The van der Waals surface area contributed by atoms with E-state index >= 15 is 0 Å². The molecule has 3 heteroatoms. The van der Waals surface area contributed by atoms with Gasteiger partial charge in [-0.25, -0.2) is 0 Å². The molecule has 2 nitrogen and oxygen atoms in total. The molecule has 4 saturated carbocycles. The third kappa shape index (κ3) is 2.25. The topological polar surface area (TPSA) is 35.2 Å². The first-order chi connectivity index (χ1) is 6.94. The van der Waals surface area contributed by atoms with Crippen LogP contribution in [0.3, 0.4) is 0 Å². The van der Waals surface area contributed by atoms with Gasteiger partial charge < -0.3 is 10.5 Å². The van der Waals surface area contributed by atoms with Crippen LogP contribution in [0.1, 0.15) is 52.4 Å². The van der Waals surface area contributed by atoms with E-state index in [9.17, 15) is 0 Å². The Bertz CT molecular complexity index is 236. The van der Waals surface area contributed by atoms with Gasteiger partial charge in [0, 0.05) is 0 Å². The lowest BCUT2D eigenvalue weighted by molar-refractivity contribution is -0.213. The summed E-state index contributed by atoms with van der Waals surface area (Å²) in [5.74, 6) is 2.83. The third-order valence-electron chi connectivity index (χ3n) is 4.46. The lowest BCUT2D eigenvalue weighted by Gasteiger charge is -2.57. The number of hydrogen-bond acceptors (Lipinski definition) is 2. The number of rotatable bonds is 2. The average Bonchev–Trinajstić information content (AvgIpc) is 1.94. The molecule has 94 valence electrons. The molecule has 2 N–H and O–H groups in total. The minimum absolute atomic E-state index is 0. The van der Waals surface area contributed by atoms with E-state index in [1.807, 2.05) is 13.8 Å². The highest BCUT2D eigenvalue weighted by atomic mass is 35.5. The van der Waals surface area contributed by atoms with Gasteiger partial charge in [0.2, 0.25) is 0 Å². The summed E-state index contributed by atoms with van der Waals surface area (Å²) in [6, 6.07) is 0. The summed E-state index contributed by atoms with van der Waals surface area (Å²) in [5.41, 5.74) is 5.74. The molecule has 0 amide bonds. The van der Waals surface area contributed by atoms with Crippen molar-refractivity contribution < 1.29 is 4.74 Å². The van der Waals surface area contributed by atoms with E-state index in [0.717, 1.165) is 17.8 Å². The Balaban J connectivity index is 0.000000963. The first-order valence-corrected chi connectivity index (χ1v) is 6.43. The largest absolute Gasteiger partial charge is 0.355 e. The normalized spacial score (nSPS) is 45.6. The van der Waals surface area contributed by atoms with Gasteiger partial charge in [-0.15, -0.1) is 12.4 Å². The fourth-order valence-electron chi connectivity index (χ4n) is 4.71. The van der Waals surface area contributed by atoms with Crippen LogP contribution < -0.4 is 5.73 Å². The Morgan fingerprint density at radius 1 is 1.00 bits per heavy atom. The summed E-state index contributed by atoms with van der Waals surface area (Å²) < 4.78 is 6.22. The molecule has 16 heavy (non-hydrogen) atoms. The van der Waals surface area contributed by atoms with Gasteiger partial charge in [0.15, 0.2) is 0 Å². The fourth-order valence-corrected chi connectivity index (χ4v) is 4.71. The molecule has 4 bridgehead atoms. The fraction of sp³-hybridized carbons (Fsp3) is 1.00. The molecule has 0 aromatic rings. The third-order valence-corrected chi connectivity index (χ3v) is 4.46. The Morgan fingerprint density at radius 3 is 1.69 bits per heavy atom. The SMILES string of the molecule is CC(C)(N)OC12CC3CC(CC(C3)C1)C2.Cl. The second kappa shape index (κ2) is 3.86. The highest BCUT2D eigenvalue weighted by molar-refractivity contribution is 5.85. The van der Waals surface area contributed by atoms with Crippen LogP contribution in [-0.2, 0) is 4.74 Å². The number of halogens is 1. The minimum Gasteiger partial charge on any atom is -0.355 e. The summed E-state index contributed by atoms with van der Waals surface area (Å²) in [6.07, 6.45) is 8.23. The zero-order valence-corrected chi connectivity index (χ0v) is 11.2. The Hall–Kier alpha value is 0.210. The number of ether oxygens (including phenoxy) is 1. The highest BCUT2D eigenvalue weighted by Crippen LogP contribution is 2.57. The van der Waals surface area contributed by atoms with E-state index < -0.39 is 5.72 Å². The van der Waals surface area contributed by atoms with Crippen LogP contribution >= 0.6 is 12.4 Å². The maximum atomic E-state index is 6.22. The first-order valence-electron chi connectivity index (χ1n) is 6.43. The van der Waals surface area contributed by atoms with Gasteiger partial charge in [-0.2, -0.15) is 0 Å². The summed E-state index contributed by atoms with van der Waals surface area (Å²) >= 11 is 0. The monoisotopic (exact) mass is 245 g/mol. The van der Waals surface area contributed by atoms with Crippen molar-refractivity contribution in [2.24, 2.45) is 23.5 Å². The maximum absolute atomic E-state index is 6.22. The van der Waals surface area contributed by atoms with Crippen molar-refractivity contribution in [2.75, 3.05) is 0 Å². The predicted octanol–water partition coefficient (Wildman–Crippen LogP) is 3.09. The van der Waals surface area contributed by atoms with Gasteiger partial charge in [0.05, 0.1) is 5.60 Å². The molecule has 0 atom stereocenters. The second-order valence-corrected chi connectivity index (χ2v) is 6.81. The molecule has 0 radical (unpaired) electrons. The zero-order chi connectivity index (χ0) is 10.7. The second-order valence-electron chi connectivity index (χ2n) is 6.81. The van der Waals surface area contributed by atoms with Crippen LogP contribution in [0.5, 0.6) is 0 Å². The van der Waals surface area contributed by atoms with E-state index in [4.69, 9.17) is 10.5 Å². The van der Waals surface area contributed by atoms with Crippen LogP contribution in [0.2, 0.25) is 0 Å². The van der Waals surface area contributed by atoms with Gasteiger partial charge in [-0.1, -0.05) is 0 Å². The van der Waals surface area contributed by atoms with Gasteiger partial charge >= 0.3 is 0 Å². The van der Waals surface area contributed by atoms with Crippen molar-refractivity contribution in [3.05, 3.63) is 0 Å². The predicted molar refractivity (Wildman–Crippen MR) is 67.5 cm³/mol. The van der Waals surface area contributed by atoms with Gasteiger partial charge in [-0.3, -0.25) is 0 Å². The van der Waals surface area contributed by atoms with Crippen LogP contribution in [0.25, 0.3) is 0 Å². The quantitative estimate of drug-likeness (QED) is 0.759. The Morgan fingerprint density at radius 2 is 1.38 bits per heavy atom. The van der Waals surface area contributed by atoms with E-state index in [0.29, 0.717) is 0 Å². The van der Waals surface area contributed by atoms with Crippen LogP contribution in [0.15, 0.2) is 0 Å². The van der Waals surface area contributed by atoms with Gasteiger partial charge in [0.25, 0.3) is 0 Å². The molecule has 0 saturated heterocycles. The van der Waals surface area contributed by atoms with Crippen molar-refractivity contribution in [3.63, 3.8) is 0 Å². The molecule has 0 aliphatic heterocycles. The van der Waals surface area contributed by atoms with E-state index in [2.05, 4.69) is 0 Å². The Kier molecular flexibility index (Phi) is 3.05. The molecule has 4 aliphatic rings. The molecule has 0 heterocycles. The summed E-state index contributed by atoms with van der Waals surface area (Å²) in [4.78, 5) is 0. The maximum Gasteiger partial charge on any atom is 0.111 e. The lowest BCUT2D eigenvalue weighted by atomic mass is 9.54. The van der Waals surface area contributed by atoms with E-state index in [-0.39, 0.29) is 18.0 Å². The highest BCUT2D eigenvalue weighted by Gasteiger charge is 2.52. The van der Waals surface area contributed by atoms with Crippen LogP contribution in [0, 0.1) is 17.8 Å². The molecule has 4 rings (SSSR count). The van der Waals surface area contributed by atoms with Crippen molar-refractivity contribution in [3.8, 4) is 0 Å². The van der Waals surface area contributed by atoms with Crippen molar-refractivity contribution >= 4 is 12.4 Å². The van der Waals surface area contributed by atoms with Gasteiger partial charge in [-0.05, 0) is 70.1 Å². The van der Waals surface area contributed by atoms with Crippen molar-refractivity contribution in [2.45, 2.75) is 63.7 Å². The minimum atomic E-state index is -0.453. The molecule has 0 aromatic heterocycles. The zero-order valence-electron chi connectivity index (χ0n) is 10.4. The first kappa shape index (κ1) is 12.7. The number of nitrogens with two attached hydrogens (primary N) is 1. The number of hydrogen-bond donors (Lipinski definition) is 1. The van der Waals surface area contributed by atoms with Crippen LogP contribution in [-0.4, -0.2) is 11.3 Å². The van der Waals surface area contributed by atoms with E-state index in [1.165, 1.54) is 38.5 Å². The molecule has 4 fully saturated rings. The molecule has 0 aromatic carbocycles. The molecular formula is C13H24ClNO. The average molecular weight is 246 g/mol.